The minimum atomic E-state index is -3.75. The van der Waals surface area contributed by atoms with E-state index < -0.39 is 10.0 Å². The molecular formula is C21H20N6O3S. The lowest BCUT2D eigenvalue weighted by Gasteiger charge is -2.15. The van der Waals surface area contributed by atoms with Crippen molar-refractivity contribution >= 4 is 10.0 Å². The number of rotatable bonds is 5. The summed E-state index contributed by atoms with van der Waals surface area (Å²) in [7, 11) is -2.02. The third-order valence-electron chi connectivity index (χ3n) is 5.48. The van der Waals surface area contributed by atoms with Crippen molar-refractivity contribution < 1.29 is 12.9 Å². The number of sulfonamides is 1. The van der Waals surface area contributed by atoms with Gasteiger partial charge in [-0.05, 0) is 11.6 Å². The number of imidazole rings is 1. The lowest BCUT2D eigenvalue weighted by molar-refractivity contribution is 0.348. The Kier molecular flexibility index (Phi) is 4.87. The molecule has 5 rings (SSSR count). The second-order valence-corrected chi connectivity index (χ2v) is 9.41. The number of hydrogen-bond donors (Lipinski definition) is 0. The average molecular weight is 436 g/mol. The summed E-state index contributed by atoms with van der Waals surface area (Å²) < 4.78 is 35.0. The fourth-order valence-corrected chi connectivity index (χ4v) is 5.35. The molecule has 2 atom stereocenters. The van der Waals surface area contributed by atoms with E-state index in [0.29, 0.717) is 11.7 Å². The third kappa shape index (κ3) is 3.64. The first kappa shape index (κ1) is 19.6. The van der Waals surface area contributed by atoms with Gasteiger partial charge in [0.1, 0.15) is 0 Å². The van der Waals surface area contributed by atoms with Gasteiger partial charge >= 0.3 is 0 Å². The highest BCUT2D eigenvalue weighted by atomic mass is 32.2. The minimum absolute atomic E-state index is 0.0242. The van der Waals surface area contributed by atoms with Gasteiger partial charge in [-0.15, -0.1) is 0 Å². The Morgan fingerprint density at radius 1 is 1.06 bits per heavy atom. The quantitative estimate of drug-likeness (QED) is 0.473. The first-order valence-electron chi connectivity index (χ1n) is 9.79. The van der Waals surface area contributed by atoms with Gasteiger partial charge in [-0.25, -0.2) is 13.4 Å². The van der Waals surface area contributed by atoms with Crippen molar-refractivity contribution in [3.63, 3.8) is 0 Å². The smallest absolute Gasteiger partial charge is 0.262 e. The van der Waals surface area contributed by atoms with E-state index in [2.05, 4.69) is 20.1 Å². The summed E-state index contributed by atoms with van der Waals surface area (Å²) >= 11 is 0. The summed E-state index contributed by atoms with van der Waals surface area (Å²) in [6, 6.07) is 13.3. The lowest BCUT2D eigenvalue weighted by Crippen LogP contribution is -2.29. The predicted octanol–water partition coefficient (Wildman–Crippen LogP) is 2.44. The largest absolute Gasteiger partial charge is 0.339 e. The van der Waals surface area contributed by atoms with Gasteiger partial charge in [-0.2, -0.15) is 9.29 Å². The first-order chi connectivity index (χ1) is 15.0. The summed E-state index contributed by atoms with van der Waals surface area (Å²) in [5.74, 6) is 0.418. The highest BCUT2D eigenvalue weighted by molar-refractivity contribution is 7.89. The molecule has 158 valence electrons. The highest BCUT2D eigenvalue weighted by Gasteiger charge is 2.44. The Labute approximate surface area is 179 Å². The zero-order valence-electron chi connectivity index (χ0n) is 16.7. The second kappa shape index (κ2) is 7.71. The van der Waals surface area contributed by atoms with E-state index in [0.717, 1.165) is 11.1 Å². The first-order valence-corrected chi connectivity index (χ1v) is 11.2. The van der Waals surface area contributed by atoms with Crippen LogP contribution in [0.3, 0.4) is 0 Å². The van der Waals surface area contributed by atoms with Gasteiger partial charge < -0.3 is 9.09 Å². The normalized spacial score (nSPS) is 19.6. The second-order valence-electron chi connectivity index (χ2n) is 7.52. The van der Waals surface area contributed by atoms with Crippen LogP contribution in [-0.4, -0.2) is 50.5 Å². The molecule has 1 saturated heterocycles. The van der Waals surface area contributed by atoms with Gasteiger partial charge in [0.2, 0.25) is 11.7 Å². The minimum Gasteiger partial charge on any atom is -0.339 e. The van der Waals surface area contributed by atoms with Crippen LogP contribution in [0, 0.1) is 0 Å². The number of benzene rings is 1. The Balaban J connectivity index is 1.51. The monoisotopic (exact) mass is 436 g/mol. The number of hydrogen-bond acceptors (Lipinski definition) is 7. The molecule has 10 heteroatoms. The Morgan fingerprint density at radius 3 is 2.58 bits per heavy atom. The van der Waals surface area contributed by atoms with Crippen molar-refractivity contribution in [3.8, 4) is 11.4 Å². The van der Waals surface area contributed by atoms with Crippen molar-refractivity contribution in [3.05, 3.63) is 78.8 Å². The molecule has 1 aliphatic rings. The van der Waals surface area contributed by atoms with Gasteiger partial charge in [0.05, 0.1) is 12.2 Å². The van der Waals surface area contributed by atoms with Gasteiger partial charge in [0.25, 0.3) is 10.0 Å². The Hall–Kier alpha value is -3.37. The number of nitrogens with zero attached hydrogens (tertiary/aromatic N) is 6. The van der Waals surface area contributed by atoms with Crippen LogP contribution in [-0.2, 0) is 17.1 Å². The van der Waals surface area contributed by atoms with Gasteiger partial charge in [0, 0.05) is 50.2 Å². The van der Waals surface area contributed by atoms with Gasteiger partial charge in [-0.1, -0.05) is 41.6 Å². The maximum absolute atomic E-state index is 13.2. The molecule has 9 nitrogen and oxygen atoms in total. The molecule has 4 aromatic rings. The van der Waals surface area contributed by atoms with E-state index in [1.807, 2.05) is 42.5 Å². The summed E-state index contributed by atoms with van der Waals surface area (Å²) in [6.45, 7) is 0.493. The predicted molar refractivity (Wildman–Crippen MR) is 111 cm³/mol. The SMILES string of the molecule is Cn1cnc(S(=O)(=O)N2C[C@@H](c3cccnc3)[C@H](c3nc(-c4ccccc4)no3)C2)c1. The molecule has 31 heavy (non-hydrogen) atoms. The molecule has 1 aliphatic heterocycles. The molecule has 0 spiro atoms. The van der Waals surface area contributed by atoms with E-state index in [4.69, 9.17) is 4.52 Å². The third-order valence-corrected chi connectivity index (χ3v) is 7.19. The Bertz CT molecular complexity index is 1290. The molecule has 4 heterocycles. The summed E-state index contributed by atoms with van der Waals surface area (Å²) in [4.78, 5) is 12.8. The van der Waals surface area contributed by atoms with Crippen LogP contribution in [0.1, 0.15) is 23.3 Å². The summed E-state index contributed by atoms with van der Waals surface area (Å²) in [6.07, 6.45) is 6.42. The zero-order valence-corrected chi connectivity index (χ0v) is 17.6. The average Bonchev–Trinajstić information content (AvgIpc) is 3.54. The molecule has 1 aromatic carbocycles. The molecule has 1 fully saturated rings. The van der Waals surface area contributed by atoms with E-state index in [-0.39, 0.29) is 30.0 Å². The van der Waals surface area contributed by atoms with Gasteiger partial charge in [0.15, 0.2) is 5.03 Å². The summed E-state index contributed by atoms with van der Waals surface area (Å²) in [5, 5.41) is 4.15. The molecule has 0 unspecified atom stereocenters. The maximum Gasteiger partial charge on any atom is 0.262 e. The van der Waals surface area contributed by atoms with Crippen LogP contribution in [0.25, 0.3) is 11.4 Å². The molecule has 0 aliphatic carbocycles. The van der Waals surface area contributed by atoms with Crippen LogP contribution < -0.4 is 0 Å². The molecule has 0 bridgehead atoms. The van der Waals surface area contributed by atoms with Crippen LogP contribution in [0.2, 0.25) is 0 Å². The van der Waals surface area contributed by atoms with Gasteiger partial charge in [-0.3, -0.25) is 4.98 Å². The number of pyridine rings is 1. The fourth-order valence-electron chi connectivity index (χ4n) is 3.89. The summed E-state index contributed by atoms with van der Waals surface area (Å²) in [5.41, 5.74) is 1.76. The topological polar surface area (TPSA) is 107 Å². The van der Waals surface area contributed by atoms with E-state index in [1.165, 1.54) is 16.8 Å². The van der Waals surface area contributed by atoms with Crippen molar-refractivity contribution in [2.45, 2.75) is 16.9 Å². The van der Waals surface area contributed by atoms with Crippen molar-refractivity contribution in [1.82, 2.24) is 29.0 Å². The van der Waals surface area contributed by atoms with Crippen LogP contribution in [0.15, 0.2) is 76.9 Å². The molecule has 0 radical (unpaired) electrons. The highest BCUT2D eigenvalue weighted by Crippen LogP contribution is 2.41. The Morgan fingerprint density at radius 2 is 1.87 bits per heavy atom. The van der Waals surface area contributed by atoms with Crippen LogP contribution in [0.4, 0.5) is 0 Å². The van der Waals surface area contributed by atoms with E-state index in [9.17, 15) is 8.42 Å². The standard InChI is InChI=1S/C21H20N6O3S/c1-26-13-19(23-14-26)31(28,29)27-11-17(16-8-5-9-22-10-16)18(12-27)21-24-20(25-30-21)15-6-3-2-4-7-15/h2-10,13-14,17-18H,11-12H2,1H3/t17-,18+/m0/s1. The number of aryl methyl sites for hydroxylation is 1. The van der Waals surface area contributed by atoms with E-state index in [1.54, 1.807) is 24.0 Å². The molecule has 3 aromatic heterocycles. The molecule has 0 N–H and O–H groups in total. The fraction of sp³-hybridized carbons (Fsp3) is 0.238. The number of aromatic nitrogens is 5. The lowest BCUT2D eigenvalue weighted by atomic mass is 9.90. The molecular weight excluding hydrogens is 416 g/mol. The van der Waals surface area contributed by atoms with Crippen LogP contribution >= 0.6 is 0 Å². The van der Waals surface area contributed by atoms with Crippen molar-refractivity contribution in [2.75, 3.05) is 13.1 Å². The van der Waals surface area contributed by atoms with E-state index >= 15 is 0 Å². The molecule has 0 saturated carbocycles. The van der Waals surface area contributed by atoms with Crippen molar-refractivity contribution in [1.29, 1.82) is 0 Å². The maximum atomic E-state index is 13.2. The van der Waals surface area contributed by atoms with Crippen LogP contribution in [0.5, 0.6) is 0 Å². The zero-order chi connectivity index (χ0) is 21.4. The van der Waals surface area contributed by atoms with Crippen molar-refractivity contribution in [2.24, 2.45) is 7.05 Å². The molecule has 0 amide bonds.